The lowest BCUT2D eigenvalue weighted by Crippen LogP contribution is -1.85. The standard InChI is InChI=1S/C7H8ClNOS/c1-10-7-3-2-5(11-9)4-6(7)8/h2-4H,9H2,1H3. The fourth-order valence-electron chi connectivity index (χ4n) is 0.720. The third kappa shape index (κ3) is 2.02. The minimum absolute atomic E-state index is 0.586. The van der Waals surface area contributed by atoms with Gasteiger partial charge in [-0.15, -0.1) is 0 Å². The van der Waals surface area contributed by atoms with Crippen molar-refractivity contribution in [2.24, 2.45) is 5.14 Å². The zero-order valence-corrected chi connectivity index (χ0v) is 7.58. The normalized spacial score (nSPS) is 9.73. The van der Waals surface area contributed by atoms with Gasteiger partial charge in [-0.25, -0.2) is 0 Å². The Labute approximate surface area is 74.8 Å². The van der Waals surface area contributed by atoms with E-state index in [0.29, 0.717) is 10.8 Å². The summed E-state index contributed by atoms with van der Waals surface area (Å²) >= 11 is 6.98. The lowest BCUT2D eigenvalue weighted by atomic mass is 10.3. The predicted molar refractivity (Wildman–Crippen MR) is 48.0 cm³/mol. The van der Waals surface area contributed by atoms with E-state index in [0.717, 1.165) is 16.8 Å². The molecule has 0 bridgehead atoms. The van der Waals surface area contributed by atoms with E-state index < -0.39 is 0 Å². The topological polar surface area (TPSA) is 35.2 Å². The Balaban J connectivity index is 2.99. The highest BCUT2D eigenvalue weighted by molar-refractivity contribution is 7.97. The average molecular weight is 190 g/mol. The van der Waals surface area contributed by atoms with Gasteiger partial charge in [0.15, 0.2) is 0 Å². The van der Waals surface area contributed by atoms with Crippen LogP contribution in [0.5, 0.6) is 5.75 Å². The Bertz CT molecular complexity index is 254. The Kier molecular flexibility index (Phi) is 3.05. The van der Waals surface area contributed by atoms with E-state index in [4.69, 9.17) is 21.5 Å². The fourth-order valence-corrected chi connectivity index (χ4v) is 1.38. The van der Waals surface area contributed by atoms with E-state index in [1.807, 2.05) is 6.07 Å². The summed E-state index contributed by atoms with van der Waals surface area (Å²) in [6.45, 7) is 0. The van der Waals surface area contributed by atoms with Crippen molar-refractivity contribution in [3.05, 3.63) is 23.2 Å². The molecule has 0 aliphatic heterocycles. The second-order valence-corrected chi connectivity index (χ2v) is 3.03. The van der Waals surface area contributed by atoms with Crippen LogP contribution >= 0.6 is 23.5 Å². The molecule has 0 aromatic heterocycles. The fraction of sp³-hybridized carbons (Fsp3) is 0.143. The molecule has 0 aliphatic carbocycles. The molecule has 0 fully saturated rings. The van der Waals surface area contributed by atoms with Gasteiger partial charge in [0.1, 0.15) is 5.75 Å². The van der Waals surface area contributed by atoms with E-state index in [9.17, 15) is 0 Å². The summed E-state index contributed by atoms with van der Waals surface area (Å²) in [5.74, 6) is 0.671. The van der Waals surface area contributed by atoms with Gasteiger partial charge in [0.2, 0.25) is 0 Å². The quantitative estimate of drug-likeness (QED) is 0.726. The molecule has 0 aliphatic rings. The summed E-state index contributed by atoms with van der Waals surface area (Å²) in [6, 6.07) is 5.41. The maximum absolute atomic E-state index is 5.81. The van der Waals surface area contributed by atoms with E-state index in [1.54, 1.807) is 19.2 Å². The van der Waals surface area contributed by atoms with Crippen LogP contribution in [0.2, 0.25) is 5.02 Å². The molecular formula is C7H8ClNOS. The second-order valence-electron chi connectivity index (χ2n) is 1.91. The van der Waals surface area contributed by atoms with Crippen molar-refractivity contribution in [2.75, 3.05) is 7.11 Å². The SMILES string of the molecule is COc1ccc(SN)cc1Cl. The first-order chi connectivity index (χ1) is 5.27. The summed E-state index contributed by atoms with van der Waals surface area (Å²) in [5.41, 5.74) is 0. The van der Waals surface area contributed by atoms with Crippen LogP contribution in [0, 0.1) is 0 Å². The summed E-state index contributed by atoms with van der Waals surface area (Å²) in [6.07, 6.45) is 0. The van der Waals surface area contributed by atoms with Crippen molar-refractivity contribution in [1.29, 1.82) is 0 Å². The molecule has 1 aromatic carbocycles. The number of hydrogen-bond donors (Lipinski definition) is 1. The van der Waals surface area contributed by atoms with Crippen LogP contribution in [-0.4, -0.2) is 7.11 Å². The number of methoxy groups -OCH3 is 1. The van der Waals surface area contributed by atoms with Gasteiger partial charge >= 0.3 is 0 Å². The minimum atomic E-state index is 0.586. The van der Waals surface area contributed by atoms with Gasteiger partial charge in [0.25, 0.3) is 0 Å². The summed E-state index contributed by atoms with van der Waals surface area (Å²) < 4.78 is 4.96. The number of rotatable bonds is 2. The first-order valence-electron chi connectivity index (χ1n) is 2.98. The molecule has 0 saturated heterocycles. The average Bonchev–Trinajstić information content (AvgIpc) is 2.04. The van der Waals surface area contributed by atoms with Crippen LogP contribution in [0.3, 0.4) is 0 Å². The summed E-state index contributed by atoms with van der Waals surface area (Å²) in [7, 11) is 1.58. The van der Waals surface area contributed by atoms with E-state index >= 15 is 0 Å². The van der Waals surface area contributed by atoms with Gasteiger partial charge < -0.3 is 4.74 Å². The van der Waals surface area contributed by atoms with E-state index in [1.165, 1.54) is 0 Å². The maximum Gasteiger partial charge on any atom is 0.137 e. The highest BCUT2D eigenvalue weighted by Gasteiger charge is 1.99. The molecule has 2 N–H and O–H groups in total. The Morgan fingerprint density at radius 2 is 2.27 bits per heavy atom. The molecule has 1 rings (SSSR count). The first kappa shape index (κ1) is 8.71. The molecule has 0 unspecified atom stereocenters. The Morgan fingerprint density at radius 1 is 1.55 bits per heavy atom. The van der Waals surface area contributed by atoms with Gasteiger partial charge in [0.05, 0.1) is 12.1 Å². The zero-order valence-electron chi connectivity index (χ0n) is 6.00. The number of nitrogens with two attached hydrogens (primary N) is 1. The molecule has 60 valence electrons. The highest BCUT2D eigenvalue weighted by atomic mass is 35.5. The van der Waals surface area contributed by atoms with Crippen molar-refractivity contribution in [3.63, 3.8) is 0 Å². The molecule has 4 heteroatoms. The van der Waals surface area contributed by atoms with Gasteiger partial charge in [-0.1, -0.05) is 11.6 Å². The number of benzene rings is 1. The lowest BCUT2D eigenvalue weighted by Gasteiger charge is -2.02. The molecule has 11 heavy (non-hydrogen) atoms. The van der Waals surface area contributed by atoms with Crippen molar-refractivity contribution in [1.82, 2.24) is 0 Å². The van der Waals surface area contributed by atoms with Crippen LogP contribution in [0.4, 0.5) is 0 Å². The minimum Gasteiger partial charge on any atom is -0.495 e. The van der Waals surface area contributed by atoms with Gasteiger partial charge in [-0.3, -0.25) is 5.14 Å². The first-order valence-corrected chi connectivity index (χ1v) is 4.24. The van der Waals surface area contributed by atoms with E-state index in [-0.39, 0.29) is 0 Å². The molecule has 0 amide bonds. The zero-order chi connectivity index (χ0) is 8.27. The third-order valence-electron chi connectivity index (χ3n) is 1.26. The largest absolute Gasteiger partial charge is 0.495 e. The van der Waals surface area contributed by atoms with Gasteiger partial charge in [-0.05, 0) is 30.1 Å². The summed E-state index contributed by atoms with van der Waals surface area (Å²) in [4.78, 5) is 0.927. The highest BCUT2D eigenvalue weighted by Crippen LogP contribution is 2.27. The van der Waals surface area contributed by atoms with Crippen LogP contribution in [0.15, 0.2) is 23.1 Å². The molecular weight excluding hydrogens is 182 g/mol. The van der Waals surface area contributed by atoms with Crippen LogP contribution < -0.4 is 9.88 Å². The number of ether oxygens (including phenoxy) is 1. The van der Waals surface area contributed by atoms with Crippen molar-refractivity contribution in [2.45, 2.75) is 4.90 Å². The van der Waals surface area contributed by atoms with Crippen molar-refractivity contribution in [3.8, 4) is 5.75 Å². The number of hydrogen-bond acceptors (Lipinski definition) is 3. The maximum atomic E-state index is 5.81. The molecule has 0 heterocycles. The molecule has 2 nitrogen and oxygen atoms in total. The lowest BCUT2D eigenvalue weighted by molar-refractivity contribution is 0.414. The monoisotopic (exact) mass is 189 g/mol. The summed E-state index contributed by atoms with van der Waals surface area (Å²) in [5, 5.41) is 5.91. The third-order valence-corrected chi connectivity index (χ3v) is 2.08. The van der Waals surface area contributed by atoms with Crippen LogP contribution in [0.25, 0.3) is 0 Å². The van der Waals surface area contributed by atoms with Crippen LogP contribution in [-0.2, 0) is 0 Å². The van der Waals surface area contributed by atoms with Crippen molar-refractivity contribution < 1.29 is 4.74 Å². The molecule has 1 aromatic rings. The van der Waals surface area contributed by atoms with Crippen molar-refractivity contribution >= 4 is 23.5 Å². The molecule has 0 spiro atoms. The molecule has 0 radical (unpaired) electrons. The molecule has 0 saturated carbocycles. The number of halogens is 1. The predicted octanol–water partition coefficient (Wildman–Crippen LogP) is 2.31. The van der Waals surface area contributed by atoms with Crippen LogP contribution in [0.1, 0.15) is 0 Å². The van der Waals surface area contributed by atoms with Gasteiger partial charge in [0, 0.05) is 4.90 Å². The Morgan fingerprint density at radius 3 is 2.73 bits per heavy atom. The second kappa shape index (κ2) is 3.85. The Hall–Kier alpha value is -0.380. The smallest absolute Gasteiger partial charge is 0.137 e. The van der Waals surface area contributed by atoms with E-state index in [2.05, 4.69) is 0 Å². The molecule has 0 atom stereocenters. The van der Waals surface area contributed by atoms with Gasteiger partial charge in [-0.2, -0.15) is 0 Å².